The molecular formula is C43H68O13. The van der Waals surface area contributed by atoms with Crippen LogP contribution in [0.25, 0.3) is 0 Å². The molecule has 56 heavy (non-hydrogen) atoms. The number of aliphatic hydroxyl groups is 6. The zero-order valence-electron chi connectivity index (χ0n) is 34.6. The van der Waals surface area contributed by atoms with Crippen molar-refractivity contribution in [2.24, 2.45) is 50.2 Å². The van der Waals surface area contributed by atoms with Crippen molar-refractivity contribution in [2.75, 3.05) is 20.3 Å². The fourth-order valence-corrected chi connectivity index (χ4v) is 13.7. The van der Waals surface area contributed by atoms with Gasteiger partial charge in [-0.05, 0) is 110 Å². The first-order chi connectivity index (χ1) is 26.1. The summed E-state index contributed by atoms with van der Waals surface area (Å²) in [6.07, 6.45) is -2.29. The van der Waals surface area contributed by atoms with Crippen LogP contribution in [-0.2, 0) is 33.3 Å². The Morgan fingerprint density at radius 2 is 1.50 bits per heavy atom. The second-order valence-corrected chi connectivity index (χ2v) is 20.6. The third-order valence-corrected chi connectivity index (χ3v) is 17.3. The second-order valence-electron chi connectivity index (χ2n) is 20.6. The van der Waals surface area contributed by atoms with Crippen molar-refractivity contribution < 1.29 is 63.9 Å². The lowest BCUT2D eigenvalue weighted by Crippen LogP contribution is -2.67. The highest BCUT2D eigenvalue weighted by molar-refractivity contribution is 5.95. The molecule has 6 fully saturated rings. The predicted octanol–water partition coefficient (Wildman–Crippen LogP) is 3.18. The molecule has 13 nitrogen and oxygen atoms in total. The Balaban J connectivity index is 1.08. The number of ketones is 1. The maximum atomic E-state index is 14.9. The molecular weight excluding hydrogens is 724 g/mol. The summed E-state index contributed by atoms with van der Waals surface area (Å²) in [5, 5.41) is 62.1. The maximum Gasteiger partial charge on any atom is 0.311 e. The maximum absolute atomic E-state index is 14.9. The lowest BCUT2D eigenvalue weighted by Gasteiger charge is -2.70. The molecule has 0 amide bonds. The summed E-state index contributed by atoms with van der Waals surface area (Å²) in [7, 11) is 1.47. The highest BCUT2D eigenvalue weighted by atomic mass is 16.7. The van der Waals surface area contributed by atoms with Crippen molar-refractivity contribution in [3.8, 4) is 0 Å². The average Bonchev–Trinajstić information content (AvgIpc) is 3.14. The summed E-state index contributed by atoms with van der Waals surface area (Å²) in [4.78, 5) is 27.9. The largest absolute Gasteiger partial charge is 0.469 e. The van der Waals surface area contributed by atoms with Gasteiger partial charge in [-0.25, -0.2) is 0 Å². The van der Waals surface area contributed by atoms with Gasteiger partial charge < -0.3 is 54.3 Å². The zero-order chi connectivity index (χ0) is 41.0. The number of carbonyl (C=O) groups excluding carboxylic acids is 2. The third-order valence-electron chi connectivity index (χ3n) is 17.3. The summed E-state index contributed by atoms with van der Waals surface area (Å²) >= 11 is 0. The van der Waals surface area contributed by atoms with Crippen molar-refractivity contribution in [1.82, 2.24) is 0 Å². The SMILES string of the molecule is COC(=O)[C@@]1(C)CC[C@]2(C)CC[C@]3(C)C(=CC(=O)[C@@H]4[C@@]5(C)CC[C@H](O[C@@H]6C[C@@H](O)[C@H](O[C@@H]7O[C@H](CO)[C@H](O)[C@H](O)[C@H]7O)[C@@H](CO)O6)C(C)(C)[C@@H]5CC[C@]43C)[C@@H]2C1. The zero-order valence-corrected chi connectivity index (χ0v) is 34.6. The van der Waals surface area contributed by atoms with Crippen molar-refractivity contribution >= 4 is 11.8 Å². The molecule has 318 valence electrons. The first kappa shape index (κ1) is 42.6. The molecule has 0 aromatic heterocycles. The Labute approximate surface area is 331 Å². The van der Waals surface area contributed by atoms with E-state index in [4.69, 9.17) is 23.7 Å². The number of fused-ring (bicyclic) bond motifs is 7. The van der Waals surface area contributed by atoms with E-state index < -0.39 is 73.9 Å². The first-order valence-corrected chi connectivity index (χ1v) is 21.0. The Kier molecular flexibility index (Phi) is 11.1. The van der Waals surface area contributed by atoms with Gasteiger partial charge in [-0.2, -0.15) is 0 Å². The minimum atomic E-state index is -1.67. The van der Waals surface area contributed by atoms with Gasteiger partial charge in [-0.15, -0.1) is 0 Å². The van der Waals surface area contributed by atoms with Gasteiger partial charge in [0.05, 0.1) is 37.9 Å². The van der Waals surface area contributed by atoms with Gasteiger partial charge in [-0.3, -0.25) is 9.59 Å². The lowest BCUT2D eigenvalue weighted by molar-refractivity contribution is -0.351. The fourth-order valence-electron chi connectivity index (χ4n) is 13.7. The van der Waals surface area contributed by atoms with Crippen LogP contribution >= 0.6 is 0 Å². The first-order valence-electron chi connectivity index (χ1n) is 21.0. The number of rotatable bonds is 7. The molecule has 6 N–H and O–H groups in total. The van der Waals surface area contributed by atoms with Crippen molar-refractivity contribution in [2.45, 2.75) is 174 Å². The number of ether oxygens (including phenoxy) is 5. The molecule has 0 aromatic carbocycles. The van der Waals surface area contributed by atoms with Crippen LogP contribution in [0.1, 0.15) is 113 Å². The van der Waals surface area contributed by atoms with Crippen LogP contribution in [0.2, 0.25) is 0 Å². The van der Waals surface area contributed by atoms with Crippen molar-refractivity contribution in [3.05, 3.63) is 11.6 Å². The van der Waals surface area contributed by atoms with E-state index in [1.807, 2.05) is 13.0 Å². The minimum Gasteiger partial charge on any atom is -0.469 e. The molecule has 2 saturated heterocycles. The fraction of sp³-hybridized carbons (Fsp3) is 0.907. The highest BCUT2D eigenvalue weighted by Gasteiger charge is 2.70. The molecule has 0 bridgehead atoms. The van der Waals surface area contributed by atoms with Crippen LogP contribution in [0.3, 0.4) is 0 Å². The van der Waals surface area contributed by atoms with Gasteiger partial charge in [0, 0.05) is 12.3 Å². The van der Waals surface area contributed by atoms with Crippen LogP contribution in [-0.4, -0.2) is 124 Å². The van der Waals surface area contributed by atoms with E-state index in [0.29, 0.717) is 12.8 Å². The molecule has 5 aliphatic carbocycles. The van der Waals surface area contributed by atoms with Gasteiger partial charge in [0.15, 0.2) is 18.4 Å². The number of esters is 1. The molecule has 7 aliphatic rings. The van der Waals surface area contributed by atoms with E-state index in [2.05, 4.69) is 41.5 Å². The Hall–Kier alpha value is -1.52. The smallest absolute Gasteiger partial charge is 0.311 e. The van der Waals surface area contributed by atoms with Gasteiger partial charge in [-0.1, -0.05) is 47.1 Å². The molecule has 7 rings (SSSR count). The van der Waals surface area contributed by atoms with Gasteiger partial charge in [0.2, 0.25) is 0 Å². The van der Waals surface area contributed by atoms with Gasteiger partial charge in [0.1, 0.15) is 36.6 Å². The quantitative estimate of drug-likeness (QED) is 0.162. The standard InChI is InChI=1S/C43H68O13/c1-38(2)28-9-12-43(7)35(25(47)17-22-23-19-40(4,37(51)52-8)14-13-39(23,3)15-16-42(22,43)6)41(28,5)11-10-29(38)55-30-18-24(46)34(27(21-45)53-30)56-36-33(50)32(49)31(48)26(20-44)54-36/h17,23-24,26-36,44-46,48-50H,9-16,18-21H2,1-8H3/t23-,24+,26+,27+,28-,29-,30+,31-,32-,33+,34-,35+,36-,39+,40-,41-,42+,43+/m0/s1. The summed E-state index contributed by atoms with van der Waals surface area (Å²) in [5.74, 6) is 0.183. The summed E-state index contributed by atoms with van der Waals surface area (Å²) in [5.41, 5.74) is -0.391. The van der Waals surface area contributed by atoms with E-state index >= 15 is 0 Å². The average molecular weight is 793 g/mol. The summed E-state index contributed by atoms with van der Waals surface area (Å²) in [6.45, 7) is 14.8. The second kappa shape index (κ2) is 14.6. The number of hydrogen-bond acceptors (Lipinski definition) is 13. The van der Waals surface area contributed by atoms with Crippen molar-refractivity contribution in [1.29, 1.82) is 0 Å². The molecule has 2 heterocycles. The number of aliphatic hydroxyl groups excluding tert-OH is 6. The topological polar surface area (TPSA) is 202 Å². The Bertz CT molecular complexity index is 1550. The van der Waals surface area contributed by atoms with E-state index in [-0.39, 0.29) is 69.1 Å². The Morgan fingerprint density at radius 3 is 2.16 bits per heavy atom. The Morgan fingerprint density at radius 1 is 0.821 bits per heavy atom. The predicted molar refractivity (Wildman–Crippen MR) is 201 cm³/mol. The summed E-state index contributed by atoms with van der Waals surface area (Å²) in [6, 6.07) is 0. The van der Waals surface area contributed by atoms with Crippen LogP contribution in [0.4, 0.5) is 0 Å². The molecule has 0 spiro atoms. The van der Waals surface area contributed by atoms with E-state index in [1.165, 1.54) is 12.7 Å². The van der Waals surface area contributed by atoms with Crippen LogP contribution in [0.5, 0.6) is 0 Å². The lowest BCUT2D eigenvalue weighted by atomic mass is 9.33. The number of allylic oxidation sites excluding steroid dienone is 2. The molecule has 0 radical (unpaired) electrons. The minimum absolute atomic E-state index is 0.00726. The molecule has 18 atom stereocenters. The van der Waals surface area contributed by atoms with E-state index in [9.17, 15) is 40.2 Å². The third kappa shape index (κ3) is 6.31. The van der Waals surface area contributed by atoms with Crippen LogP contribution in [0, 0.1) is 50.2 Å². The van der Waals surface area contributed by atoms with Crippen LogP contribution < -0.4 is 0 Å². The normalized spacial score (nSPS) is 52.8. The molecule has 2 aliphatic heterocycles. The highest BCUT2D eigenvalue weighted by Crippen LogP contribution is 2.75. The summed E-state index contributed by atoms with van der Waals surface area (Å²) < 4.78 is 29.5. The molecule has 0 aromatic rings. The van der Waals surface area contributed by atoms with Gasteiger partial charge >= 0.3 is 5.97 Å². The molecule has 13 heteroatoms. The van der Waals surface area contributed by atoms with Crippen molar-refractivity contribution in [3.63, 3.8) is 0 Å². The molecule has 4 saturated carbocycles. The van der Waals surface area contributed by atoms with E-state index in [1.54, 1.807) is 0 Å². The van der Waals surface area contributed by atoms with Gasteiger partial charge in [0.25, 0.3) is 0 Å². The van der Waals surface area contributed by atoms with Crippen LogP contribution in [0.15, 0.2) is 11.6 Å². The number of hydrogen-bond donors (Lipinski definition) is 6. The van der Waals surface area contributed by atoms with E-state index in [0.717, 1.165) is 44.9 Å². The monoisotopic (exact) mass is 792 g/mol. The number of methoxy groups -OCH3 is 1. The number of carbonyl (C=O) groups is 2. The molecule has 0 unspecified atom stereocenters.